The molecule has 12 heavy (non-hydrogen) atoms. The van der Waals surface area contributed by atoms with Gasteiger partial charge in [-0.2, -0.15) is 0 Å². The Morgan fingerprint density at radius 1 is 1.25 bits per heavy atom. The van der Waals surface area contributed by atoms with E-state index in [1.165, 1.54) is 11.6 Å². The zero-order chi connectivity index (χ0) is 8.97. The molecule has 0 aliphatic heterocycles. The molecule has 0 saturated carbocycles. The van der Waals surface area contributed by atoms with Crippen molar-refractivity contribution in [3.05, 3.63) is 35.7 Å². The Morgan fingerprint density at radius 2 is 1.92 bits per heavy atom. The number of allylic oxidation sites excluding steroid dienone is 5. The third-order valence-corrected chi connectivity index (χ3v) is 2.15. The molecule has 0 atom stereocenters. The molecule has 1 aliphatic carbocycles. The van der Waals surface area contributed by atoms with Crippen LogP contribution < -0.4 is 0 Å². The van der Waals surface area contributed by atoms with E-state index in [0.717, 1.165) is 25.7 Å². The van der Waals surface area contributed by atoms with Gasteiger partial charge in [0.15, 0.2) is 0 Å². The Morgan fingerprint density at radius 3 is 2.67 bits per heavy atom. The predicted octanol–water partition coefficient (Wildman–Crippen LogP) is 3.92. The van der Waals surface area contributed by atoms with E-state index in [-0.39, 0.29) is 5.83 Å². The van der Waals surface area contributed by atoms with Crippen molar-refractivity contribution in [1.29, 1.82) is 0 Å². The van der Waals surface area contributed by atoms with Gasteiger partial charge >= 0.3 is 0 Å². The SMILES string of the molecule is C=C1CCCC/C(C)=C\C=C1F. The topological polar surface area (TPSA) is 0 Å². The Balaban J connectivity index is 2.75. The van der Waals surface area contributed by atoms with Gasteiger partial charge in [0.2, 0.25) is 0 Å². The highest BCUT2D eigenvalue weighted by Crippen LogP contribution is 2.21. The molecule has 0 amide bonds. The van der Waals surface area contributed by atoms with Crippen LogP contribution in [0.1, 0.15) is 32.6 Å². The number of hydrogen-bond donors (Lipinski definition) is 0. The minimum absolute atomic E-state index is 0.156. The molecule has 0 fully saturated rings. The number of hydrogen-bond acceptors (Lipinski definition) is 0. The van der Waals surface area contributed by atoms with E-state index in [2.05, 4.69) is 6.58 Å². The summed E-state index contributed by atoms with van der Waals surface area (Å²) in [7, 11) is 0. The lowest BCUT2D eigenvalue weighted by molar-refractivity contribution is 0.628. The van der Waals surface area contributed by atoms with Crippen LogP contribution in [0.15, 0.2) is 35.7 Å². The lowest BCUT2D eigenvalue weighted by atomic mass is 10.1. The minimum Gasteiger partial charge on any atom is -0.207 e. The third-order valence-electron chi connectivity index (χ3n) is 2.15. The molecule has 0 nitrogen and oxygen atoms in total. The molecule has 0 aromatic rings. The van der Waals surface area contributed by atoms with Crippen molar-refractivity contribution in [1.82, 2.24) is 0 Å². The molecule has 0 aromatic heterocycles. The fourth-order valence-electron chi connectivity index (χ4n) is 1.28. The van der Waals surface area contributed by atoms with Crippen molar-refractivity contribution >= 4 is 0 Å². The van der Waals surface area contributed by atoms with E-state index in [1.54, 1.807) is 0 Å². The van der Waals surface area contributed by atoms with Gasteiger partial charge in [-0.1, -0.05) is 18.2 Å². The summed E-state index contributed by atoms with van der Waals surface area (Å²) in [5, 5.41) is 0. The Labute approximate surface area is 73.5 Å². The maximum absolute atomic E-state index is 13.1. The van der Waals surface area contributed by atoms with E-state index in [4.69, 9.17) is 0 Å². The average Bonchev–Trinajstić information content (AvgIpc) is 2.11. The van der Waals surface area contributed by atoms with Crippen LogP contribution in [0.4, 0.5) is 4.39 Å². The number of rotatable bonds is 0. The monoisotopic (exact) mass is 166 g/mol. The van der Waals surface area contributed by atoms with Crippen molar-refractivity contribution < 1.29 is 4.39 Å². The van der Waals surface area contributed by atoms with Gasteiger partial charge in [-0.25, -0.2) is 4.39 Å². The fraction of sp³-hybridized carbons (Fsp3) is 0.455. The Kier molecular flexibility index (Phi) is 3.27. The zero-order valence-electron chi connectivity index (χ0n) is 7.57. The van der Waals surface area contributed by atoms with Crippen molar-refractivity contribution in [3.63, 3.8) is 0 Å². The summed E-state index contributed by atoms with van der Waals surface area (Å²) in [4.78, 5) is 0. The summed E-state index contributed by atoms with van der Waals surface area (Å²) in [5.41, 5.74) is 1.89. The molecular formula is C11H15F. The van der Waals surface area contributed by atoms with Crippen LogP contribution in [-0.2, 0) is 0 Å². The molecule has 0 spiro atoms. The molecule has 0 bridgehead atoms. The van der Waals surface area contributed by atoms with Gasteiger partial charge in [0.25, 0.3) is 0 Å². The minimum atomic E-state index is -0.156. The summed E-state index contributed by atoms with van der Waals surface area (Å²) in [5.74, 6) is -0.156. The summed E-state index contributed by atoms with van der Waals surface area (Å²) < 4.78 is 13.1. The molecular weight excluding hydrogens is 151 g/mol. The Hall–Kier alpha value is -0.850. The van der Waals surface area contributed by atoms with Crippen LogP contribution in [0.25, 0.3) is 0 Å². The van der Waals surface area contributed by atoms with Crippen LogP contribution in [0.5, 0.6) is 0 Å². The quantitative estimate of drug-likeness (QED) is 0.511. The second-order valence-corrected chi connectivity index (χ2v) is 3.34. The molecule has 0 heterocycles. The van der Waals surface area contributed by atoms with E-state index >= 15 is 0 Å². The molecule has 66 valence electrons. The van der Waals surface area contributed by atoms with Crippen molar-refractivity contribution in [2.45, 2.75) is 32.6 Å². The van der Waals surface area contributed by atoms with Crippen LogP contribution in [-0.4, -0.2) is 0 Å². The highest BCUT2D eigenvalue weighted by atomic mass is 19.1. The summed E-state index contributed by atoms with van der Waals surface area (Å²) in [6.07, 6.45) is 7.45. The normalized spacial score (nSPS) is 24.7. The summed E-state index contributed by atoms with van der Waals surface area (Å²) in [6, 6.07) is 0. The van der Waals surface area contributed by atoms with Crippen LogP contribution in [0.3, 0.4) is 0 Å². The first-order valence-electron chi connectivity index (χ1n) is 4.41. The fourth-order valence-corrected chi connectivity index (χ4v) is 1.28. The van der Waals surface area contributed by atoms with Gasteiger partial charge in [-0.05, 0) is 44.3 Å². The van der Waals surface area contributed by atoms with Crippen molar-refractivity contribution in [3.8, 4) is 0 Å². The first-order chi connectivity index (χ1) is 5.70. The van der Waals surface area contributed by atoms with E-state index in [9.17, 15) is 4.39 Å². The van der Waals surface area contributed by atoms with E-state index in [0.29, 0.717) is 5.57 Å². The van der Waals surface area contributed by atoms with Gasteiger partial charge < -0.3 is 0 Å². The smallest absolute Gasteiger partial charge is 0.125 e. The maximum atomic E-state index is 13.1. The molecule has 1 rings (SSSR count). The summed E-state index contributed by atoms with van der Waals surface area (Å²) >= 11 is 0. The lowest BCUT2D eigenvalue weighted by Crippen LogP contribution is -1.82. The van der Waals surface area contributed by atoms with Crippen LogP contribution in [0.2, 0.25) is 0 Å². The Bertz CT molecular complexity index is 233. The van der Waals surface area contributed by atoms with Gasteiger partial charge in [-0.15, -0.1) is 0 Å². The highest BCUT2D eigenvalue weighted by Gasteiger charge is 2.03. The maximum Gasteiger partial charge on any atom is 0.125 e. The summed E-state index contributed by atoms with van der Waals surface area (Å²) in [6.45, 7) is 5.73. The lowest BCUT2D eigenvalue weighted by Gasteiger charge is -2.00. The third kappa shape index (κ3) is 2.65. The average molecular weight is 166 g/mol. The largest absolute Gasteiger partial charge is 0.207 e. The first kappa shape index (κ1) is 9.24. The first-order valence-corrected chi connectivity index (χ1v) is 4.41. The van der Waals surface area contributed by atoms with Gasteiger partial charge in [0, 0.05) is 0 Å². The predicted molar refractivity (Wildman–Crippen MR) is 50.6 cm³/mol. The van der Waals surface area contributed by atoms with Crippen molar-refractivity contribution in [2.75, 3.05) is 0 Å². The zero-order valence-corrected chi connectivity index (χ0v) is 7.57. The van der Waals surface area contributed by atoms with Crippen LogP contribution >= 0.6 is 0 Å². The second kappa shape index (κ2) is 4.24. The molecule has 0 saturated heterocycles. The van der Waals surface area contributed by atoms with Crippen molar-refractivity contribution in [2.24, 2.45) is 0 Å². The van der Waals surface area contributed by atoms with E-state index in [1.807, 2.05) is 13.0 Å². The molecule has 0 aromatic carbocycles. The van der Waals surface area contributed by atoms with E-state index < -0.39 is 0 Å². The van der Waals surface area contributed by atoms with Gasteiger partial charge in [0.05, 0.1) is 0 Å². The number of halogens is 1. The molecule has 1 aliphatic rings. The molecule has 1 heteroatoms. The molecule has 0 unspecified atom stereocenters. The standard InChI is InChI=1S/C11H15F/c1-9-5-3-4-6-10(2)11(12)8-7-9/h7-8H,2-6H2,1H3/b9-7-,11-8?. The van der Waals surface area contributed by atoms with Crippen LogP contribution in [0, 0.1) is 0 Å². The molecule has 0 radical (unpaired) electrons. The highest BCUT2D eigenvalue weighted by molar-refractivity contribution is 5.27. The second-order valence-electron chi connectivity index (χ2n) is 3.34. The molecule has 0 N–H and O–H groups in total. The van der Waals surface area contributed by atoms with Gasteiger partial charge in [0.1, 0.15) is 5.83 Å². The van der Waals surface area contributed by atoms with Gasteiger partial charge in [-0.3, -0.25) is 0 Å².